The van der Waals surface area contributed by atoms with Crippen LogP contribution in [0, 0.1) is 0 Å². The third kappa shape index (κ3) is 1.93. The highest BCUT2D eigenvalue weighted by atomic mass is 32.2. The maximum atomic E-state index is 11.5. The first kappa shape index (κ1) is 11.4. The fourth-order valence-corrected chi connectivity index (χ4v) is 2.75. The second-order valence-electron chi connectivity index (χ2n) is 3.79. The van der Waals surface area contributed by atoms with E-state index < -0.39 is 0 Å². The lowest BCUT2D eigenvalue weighted by molar-refractivity contribution is -0.123. The van der Waals surface area contributed by atoms with Crippen molar-refractivity contribution in [2.45, 2.75) is 0 Å². The van der Waals surface area contributed by atoms with Gasteiger partial charge in [0.2, 0.25) is 0 Å². The van der Waals surface area contributed by atoms with Crippen LogP contribution in [0.3, 0.4) is 0 Å². The van der Waals surface area contributed by atoms with Gasteiger partial charge in [0, 0.05) is 22.7 Å². The van der Waals surface area contributed by atoms with E-state index in [-0.39, 0.29) is 5.91 Å². The van der Waals surface area contributed by atoms with Crippen LogP contribution in [0.5, 0.6) is 0 Å². The first-order valence-corrected chi connectivity index (χ1v) is 6.75. The van der Waals surface area contributed by atoms with Crippen molar-refractivity contribution in [3.8, 4) is 0 Å². The normalized spacial score (nSPS) is 16.3. The molecule has 0 radical (unpaired) electrons. The number of hydrogen-bond donors (Lipinski definition) is 1. The molecular weight excluding hydrogens is 266 g/mol. The molecule has 1 N–H and O–H groups in total. The van der Waals surface area contributed by atoms with Crippen molar-refractivity contribution < 1.29 is 4.79 Å². The van der Waals surface area contributed by atoms with Crippen molar-refractivity contribution in [2.24, 2.45) is 5.10 Å². The minimum absolute atomic E-state index is 0.0684. The van der Waals surface area contributed by atoms with Gasteiger partial charge in [-0.2, -0.15) is 10.1 Å². The number of H-pyrrole nitrogens is 1. The average molecular weight is 275 g/mol. The first-order valence-electron chi connectivity index (χ1n) is 5.35. The van der Waals surface area contributed by atoms with E-state index in [0.717, 1.165) is 16.5 Å². The van der Waals surface area contributed by atoms with Crippen LogP contribution in [0.15, 0.2) is 35.6 Å². The molecule has 0 atom stereocenters. The fraction of sp³-hybridized carbons (Fsp3) is 0.0833. The predicted octanol–water partition coefficient (Wildman–Crippen LogP) is 2.36. The van der Waals surface area contributed by atoms with Crippen LogP contribution in [0.2, 0.25) is 0 Å². The molecule has 6 heteroatoms. The highest BCUT2D eigenvalue weighted by Gasteiger charge is 2.25. The van der Waals surface area contributed by atoms with Crippen molar-refractivity contribution in [3.63, 3.8) is 0 Å². The van der Waals surface area contributed by atoms with E-state index in [4.69, 9.17) is 12.2 Å². The summed E-state index contributed by atoms with van der Waals surface area (Å²) in [6, 6.07) is 7.94. The minimum Gasteiger partial charge on any atom is -0.361 e. The Hall–Kier alpha value is -1.66. The molecule has 1 saturated heterocycles. The second-order valence-corrected chi connectivity index (χ2v) is 5.40. The van der Waals surface area contributed by atoms with Gasteiger partial charge in [-0.15, -0.1) is 0 Å². The highest BCUT2D eigenvalue weighted by molar-refractivity contribution is 8.23. The van der Waals surface area contributed by atoms with Crippen LogP contribution in [-0.2, 0) is 4.79 Å². The van der Waals surface area contributed by atoms with Gasteiger partial charge in [0.15, 0.2) is 4.32 Å². The molecule has 0 saturated carbocycles. The summed E-state index contributed by atoms with van der Waals surface area (Å²) in [6.07, 6.45) is 3.53. The Morgan fingerprint density at radius 1 is 1.44 bits per heavy atom. The predicted molar refractivity (Wildman–Crippen MR) is 77.8 cm³/mol. The molecule has 2 heterocycles. The lowest BCUT2D eigenvalue weighted by Crippen LogP contribution is -2.22. The number of benzene rings is 1. The monoisotopic (exact) mass is 275 g/mol. The van der Waals surface area contributed by atoms with Gasteiger partial charge < -0.3 is 4.98 Å². The van der Waals surface area contributed by atoms with E-state index in [9.17, 15) is 4.79 Å². The molecule has 0 unspecified atom stereocenters. The number of fused-ring (bicyclic) bond motifs is 1. The molecule has 3 rings (SSSR count). The third-order valence-corrected chi connectivity index (χ3v) is 4.00. The number of aromatic amines is 1. The van der Waals surface area contributed by atoms with Crippen LogP contribution in [-0.4, -0.2) is 32.2 Å². The molecule has 0 aliphatic carbocycles. The quantitative estimate of drug-likeness (QED) is 0.676. The Morgan fingerprint density at radius 3 is 3.06 bits per heavy atom. The molecule has 1 aliphatic heterocycles. The van der Waals surface area contributed by atoms with Gasteiger partial charge >= 0.3 is 0 Å². The molecule has 18 heavy (non-hydrogen) atoms. The maximum absolute atomic E-state index is 11.5. The fourth-order valence-electron chi connectivity index (χ4n) is 1.78. The zero-order valence-corrected chi connectivity index (χ0v) is 10.9. The standard InChI is InChI=1S/C12H9N3OS2/c16-11-7-18-12(17)15(11)14-6-8-5-13-10-4-2-1-3-9(8)10/h1-6,13H,7H2. The number of nitrogens with one attached hydrogen (secondary N) is 1. The number of nitrogens with zero attached hydrogens (tertiary/aromatic N) is 2. The lowest BCUT2D eigenvalue weighted by Gasteiger charge is -2.05. The van der Waals surface area contributed by atoms with Gasteiger partial charge in [0.25, 0.3) is 5.91 Å². The van der Waals surface area contributed by atoms with Crippen LogP contribution in [0.4, 0.5) is 0 Å². The Bertz CT molecular complexity index is 646. The molecule has 0 bridgehead atoms. The van der Waals surface area contributed by atoms with E-state index in [1.165, 1.54) is 16.8 Å². The number of hydrogen-bond acceptors (Lipinski definition) is 4. The van der Waals surface area contributed by atoms with Gasteiger partial charge in [0.1, 0.15) is 0 Å². The summed E-state index contributed by atoms with van der Waals surface area (Å²) in [5, 5.41) is 6.51. The number of para-hydroxylation sites is 1. The number of aromatic nitrogens is 1. The Labute approximate surface area is 113 Å². The second kappa shape index (κ2) is 4.55. The van der Waals surface area contributed by atoms with E-state index >= 15 is 0 Å². The van der Waals surface area contributed by atoms with Gasteiger partial charge in [-0.3, -0.25) is 4.79 Å². The van der Waals surface area contributed by atoms with E-state index in [0.29, 0.717) is 10.1 Å². The van der Waals surface area contributed by atoms with Crippen molar-refractivity contribution in [2.75, 3.05) is 5.75 Å². The number of thioether (sulfide) groups is 1. The summed E-state index contributed by atoms with van der Waals surface area (Å²) in [6.45, 7) is 0. The smallest absolute Gasteiger partial charge is 0.259 e. The van der Waals surface area contributed by atoms with Crippen molar-refractivity contribution in [1.82, 2.24) is 9.99 Å². The van der Waals surface area contributed by atoms with Crippen LogP contribution in [0.1, 0.15) is 5.56 Å². The van der Waals surface area contributed by atoms with Crippen LogP contribution < -0.4 is 0 Å². The number of thiocarbonyl (C=S) groups is 1. The summed E-state index contributed by atoms with van der Waals surface area (Å²) in [4.78, 5) is 14.7. The molecule has 0 spiro atoms. The van der Waals surface area contributed by atoms with E-state index in [1.54, 1.807) is 6.21 Å². The maximum Gasteiger partial charge on any atom is 0.259 e. The van der Waals surface area contributed by atoms with E-state index in [1.807, 2.05) is 30.5 Å². The number of carbonyl (C=O) groups is 1. The number of amides is 1. The summed E-state index contributed by atoms with van der Waals surface area (Å²) in [5.74, 6) is 0.311. The van der Waals surface area contributed by atoms with Crippen molar-refractivity contribution >= 4 is 51.3 Å². The number of rotatable bonds is 2. The van der Waals surface area contributed by atoms with Crippen molar-refractivity contribution in [1.29, 1.82) is 0 Å². The van der Waals surface area contributed by atoms with E-state index in [2.05, 4.69) is 10.1 Å². The number of carbonyl (C=O) groups excluding carboxylic acids is 1. The molecule has 1 aromatic heterocycles. The zero-order chi connectivity index (χ0) is 12.5. The Balaban J connectivity index is 1.92. The highest BCUT2D eigenvalue weighted by Crippen LogP contribution is 2.20. The first-order chi connectivity index (χ1) is 8.75. The lowest BCUT2D eigenvalue weighted by atomic mass is 10.2. The summed E-state index contributed by atoms with van der Waals surface area (Å²) in [5.41, 5.74) is 1.99. The summed E-state index contributed by atoms with van der Waals surface area (Å²) >= 11 is 6.40. The largest absolute Gasteiger partial charge is 0.361 e. The SMILES string of the molecule is O=C1CSC(=S)N1N=Cc1c[nH]c2ccccc12. The average Bonchev–Trinajstić information content (AvgIpc) is 2.93. The molecule has 90 valence electrons. The van der Waals surface area contributed by atoms with Gasteiger partial charge in [-0.05, 0) is 6.07 Å². The van der Waals surface area contributed by atoms with Gasteiger partial charge in [0.05, 0.1) is 12.0 Å². The van der Waals surface area contributed by atoms with Crippen LogP contribution >= 0.6 is 24.0 Å². The Kier molecular flexibility index (Phi) is 2.89. The molecule has 4 nitrogen and oxygen atoms in total. The zero-order valence-electron chi connectivity index (χ0n) is 9.29. The topological polar surface area (TPSA) is 48.5 Å². The molecule has 1 amide bonds. The minimum atomic E-state index is -0.0684. The van der Waals surface area contributed by atoms with Gasteiger partial charge in [-0.1, -0.05) is 42.2 Å². The molecule has 2 aromatic rings. The third-order valence-electron chi connectivity index (χ3n) is 2.66. The number of hydrazone groups is 1. The molecule has 1 aromatic carbocycles. The van der Waals surface area contributed by atoms with Gasteiger partial charge in [-0.25, -0.2) is 0 Å². The van der Waals surface area contributed by atoms with Crippen LogP contribution in [0.25, 0.3) is 10.9 Å². The molecular formula is C12H9N3OS2. The Morgan fingerprint density at radius 2 is 2.28 bits per heavy atom. The molecule has 1 fully saturated rings. The molecule has 1 aliphatic rings. The van der Waals surface area contributed by atoms with Crippen molar-refractivity contribution in [3.05, 3.63) is 36.0 Å². The summed E-state index contributed by atoms with van der Waals surface area (Å²) < 4.78 is 0.510. The summed E-state index contributed by atoms with van der Waals surface area (Å²) in [7, 11) is 0.